The maximum atomic E-state index is 11.9. The normalized spacial score (nSPS) is 16.2. The van der Waals surface area contributed by atoms with E-state index in [9.17, 15) is 9.59 Å². The first-order chi connectivity index (χ1) is 9.52. The number of nitrogens with zero attached hydrogens (tertiary/aromatic N) is 2. The highest BCUT2D eigenvalue weighted by atomic mass is 16.5. The Kier molecular flexibility index (Phi) is 7.25. The molecule has 1 rings (SSSR count). The van der Waals surface area contributed by atoms with Crippen LogP contribution in [0, 0.1) is 0 Å². The lowest BCUT2D eigenvalue weighted by Gasteiger charge is -2.34. The van der Waals surface area contributed by atoms with Gasteiger partial charge in [-0.15, -0.1) is 6.58 Å². The average Bonchev–Trinajstić information content (AvgIpc) is 2.43. The third kappa shape index (κ3) is 6.16. The second kappa shape index (κ2) is 8.71. The molecule has 0 unspecified atom stereocenters. The molecule has 1 aliphatic rings. The standard InChI is InChI=1S/C14H25N3O3/c1-4-5-15-13(18)10-16-6-8-17(9-7-16)14(19)11-20-12(2)3/h4,12H,1,5-11H2,2-3H3,(H,15,18). The van der Waals surface area contributed by atoms with Gasteiger partial charge in [0, 0.05) is 32.7 Å². The Bertz CT molecular complexity index is 337. The van der Waals surface area contributed by atoms with E-state index in [1.807, 2.05) is 18.7 Å². The number of nitrogens with one attached hydrogen (secondary N) is 1. The number of piperazine rings is 1. The summed E-state index contributed by atoms with van der Waals surface area (Å²) in [4.78, 5) is 27.3. The van der Waals surface area contributed by atoms with Crippen molar-refractivity contribution in [2.75, 3.05) is 45.9 Å². The Morgan fingerprint density at radius 3 is 2.50 bits per heavy atom. The van der Waals surface area contributed by atoms with Gasteiger partial charge in [-0.2, -0.15) is 0 Å². The molecule has 0 aromatic carbocycles. The Hall–Kier alpha value is -1.40. The minimum absolute atomic E-state index is 0.00665. The Morgan fingerprint density at radius 2 is 1.95 bits per heavy atom. The summed E-state index contributed by atoms with van der Waals surface area (Å²) in [6.45, 7) is 11.1. The Balaban J connectivity index is 2.24. The number of carbonyl (C=O) groups excluding carboxylic acids is 2. The van der Waals surface area contributed by atoms with Gasteiger partial charge >= 0.3 is 0 Å². The lowest BCUT2D eigenvalue weighted by Crippen LogP contribution is -2.51. The van der Waals surface area contributed by atoms with Gasteiger partial charge in [0.05, 0.1) is 12.6 Å². The molecule has 0 saturated carbocycles. The SMILES string of the molecule is C=CCNC(=O)CN1CCN(C(=O)COC(C)C)CC1. The molecule has 1 heterocycles. The summed E-state index contributed by atoms with van der Waals surface area (Å²) in [5.74, 6) is 0.0160. The van der Waals surface area contributed by atoms with Crippen molar-refractivity contribution in [1.82, 2.24) is 15.1 Å². The van der Waals surface area contributed by atoms with Gasteiger partial charge in [-0.05, 0) is 13.8 Å². The molecule has 1 saturated heterocycles. The van der Waals surface area contributed by atoms with Crippen molar-refractivity contribution in [2.24, 2.45) is 0 Å². The van der Waals surface area contributed by atoms with Gasteiger partial charge in [0.1, 0.15) is 6.61 Å². The summed E-state index contributed by atoms with van der Waals surface area (Å²) in [6, 6.07) is 0. The van der Waals surface area contributed by atoms with Gasteiger partial charge < -0.3 is 15.0 Å². The predicted octanol–water partition coefficient (Wildman–Crippen LogP) is -0.142. The number of carbonyl (C=O) groups is 2. The third-order valence-electron chi connectivity index (χ3n) is 3.08. The van der Waals surface area contributed by atoms with Crippen molar-refractivity contribution >= 4 is 11.8 Å². The number of rotatable bonds is 7. The molecule has 6 nitrogen and oxygen atoms in total. The monoisotopic (exact) mass is 283 g/mol. The van der Waals surface area contributed by atoms with Crippen LogP contribution in [0.2, 0.25) is 0 Å². The molecule has 0 atom stereocenters. The zero-order valence-electron chi connectivity index (χ0n) is 12.4. The van der Waals surface area contributed by atoms with E-state index in [-0.39, 0.29) is 24.5 Å². The molecule has 1 fully saturated rings. The summed E-state index contributed by atoms with van der Waals surface area (Å²) >= 11 is 0. The van der Waals surface area contributed by atoms with Crippen LogP contribution in [0.1, 0.15) is 13.8 Å². The zero-order valence-corrected chi connectivity index (χ0v) is 12.4. The van der Waals surface area contributed by atoms with Gasteiger partial charge in [-0.25, -0.2) is 0 Å². The summed E-state index contributed by atoms with van der Waals surface area (Å²) in [6.07, 6.45) is 1.72. The van der Waals surface area contributed by atoms with Crippen molar-refractivity contribution in [2.45, 2.75) is 20.0 Å². The summed E-state index contributed by atoms with van der Waals surface area (Å²) in [7, 11) is 0. The van der Waals surface area contributed by atoms with E-state index in [4.69, 9.17) is 4.74 Å². The van der Waals surface area contributed by atoms with Gasteiger partial charge in [0.15, 0.2) is 0 Å². The van der Waals surface area contributed by atoms with Crippen molar-refractivity contribution in [3.63, 3.8) is 0 Å². The van der Waals surface area contributed by atoms with Gasteiger partial charge in [0.2, 0.25) is 11.8 Å². The molecule has 0 spiro atoms. The largest absolute Gasteiger partial charge is 0.369 e. The molecule has 114 valence electrons. The maximum Gasteiger partial charge on any atom is 0.248 e. The molecule has 1 N–H and O–H groups in total. The van der Waals surface area contributed by atoms with Crippen LogP contribution in [0.4, 0.5) is 0 Å². The van der Waals surface area contributed by atoms with Crippen molar-refractivity contribution in [1.29, 1.82) is 0 Å². The molecular formula is C14H25N3O3. The molecule has 20 heavy (non-hydrogen) atoms. The topological polar surface area (TPSA) is 61.9 Å². The first-order valence-corrected chi connectivity index (χ1v) is 7.02. The van der Waals surface area contributed by atoms with E-state index in [0.717, 1.165) is 13.1 Å². The molecule has 0 aliphatic carbocycles. The fourth-order valence-corrected chi connectivity index (χ4v) is 1.93. The lowest BCUT2D eigenvalue weighted by atomic mass is 10.3. The van der Waals surface area contributed by atoms with Gasteiger partial charge in [-0.1, -0.05) is 6.08 Å². The van der Waals surface area contributed by atoms with Crippen LogP contribution >= 0.6 is 0 Å². The van der Waals surface area contributed by atoms with E-state index >= 15 is 0 Å². The molecule has 2 amide bonds. The molecular weight excluding hydrogens is 258 g/mol. The smallest absolute Gasteiger partial charge is 0.248 e. The van der Waals surface area contributed by atoms with Crippen LogP contribution in [-0.2, 0) is 14.3 Å². The predicted molar refractivity (Wildman–Crippen MR) is 77.3 cm³/mol. The van der Waals surface area contributed by atoms with Crippen LogP contribution in [0.5, 0.6) is 0 Å². The fraction of sp³-hybridized carbons (Fsp3) is 0.714. The van der Waals surface area contributed by atoms with Crippen LogP contribution in [0.25, 0.3) is 0 Å². The van der Waals surface area contributed by atoms with E-state index in [1.165, 1.54) is 0 Å². The molecule has 0 aromatic rings. The van der Waals surface area contributed by atoms with Crippen LogP contribution in [-0.4, -0.2) is 73.6 Å². The van der Waals surface area contributed by atoms with E-state index in [0.29, 0.717) is 26.2 Å². The maximum absolute atomic E-state index is 11.9. The molecule has 0 radical (unpaired) electrons. The second-order valence-electron chi connectivity index (χ2n) is 5.11. The molecule has 6 heteroatoms. The highest BCUT2D eigenvalue weighted by Crippen LogP contribution is 2.02. The molecule has 0 aromatic heterocycles. The van der Waals surface area contributed by atoms with Crippen LogP contribution in [0.3, 0.4) is 0 Å². The first kappa shape index (κ1) is 16.7. The number of ether oxygens (including phenoxy) is 1. The Morgan fingerprint density at radius 1 is 1.30 bits per heavy atom. The van der Waals surface area contributed by atoms with Crippen molar-refractivity contribution in [3.05, 3.63) is 12.7 Å². The average molecular weight is 283 g/mol. The highest BCUT2D eigenvalue weighted by Gasteiger charge is 2.22. The van der Waals surface area contributed by atoms with Crippen molar-refractivity contribution in [3.8, 4) is 0 Å². The Labute approximate surface area is 120 Å². The molecule has 0 bridgehead atoms. The molecule has 1 aliphatic heterocycles. The fourth-order valence-electron chi connectivity index (χ4n) is 1.93. The van der Waals surface area contributed by atoms with E-state index in [1.54, 1.807) is 11.0 Å². The number of hydrogen-bond acceptors (Lipinski definition) is 4. The minimum Gasteiger partial charge on any atom is -0.369 e. The van der Waals surface area contributed by atoms with E-state index in [2.05, 4.69) is 11.9 Å². The summed E-state index contributed by atoms with van der Waals surface area (Å²) in [5, 5.41) is 2.75. The highest BCUT2D eigenvalue weighted by molar-refractivity contribution is 5.78. The number of hydrogen-bond donors (Lipinski definition) is 1. The van der Waals surface area contributed by atoms with Crippen molar-refractivity contribution < 1.29 is 14.3 Å². The van der Waals surface area contributed by atoms with Gasteiger partial charge in [-0.3, -0.25) is 14.5 Å². The van der Waals surface area contributed by atoms with Crippen LogP contribution in [0.15, 0.2) is 12.7 Å². The quantitative estimate of drug-likeness (QED) is 0.661. The first-order valence-electron chi connectivity index (χ1n) is 7.02. The van der Waals surface area contributed by atoms with E-state index < -0.39 is 0 Å². The summed E-state index contributed by atoms with van der Waals surface area (Å²) in [5.41, 5.74) is 0. The third-order valence-corrected chi connectivity index (χ3v) is 3.08. The zero-order chi connectivity index (χ0) is 15.0. The second-order valence-corrected chi connectivity index (χ2v) is 5.11. The number of amides is 2. The minimum atomic E-state index is -0.00665. The lowest BCUT2D eigenvalue weighted by molar-refractivity contribution is -0.139. The summed E-state index contributed by atoms with van der Waals surface area (Å²) < 4.78 is 5.31. The van der Waals surface area contributed by atoms with Gasteiger partial charge in [0.25, 0.3) is 0 Å². The van der Waals surface area contributed by atoms with Crippen LogP contribution < -0.4 is 5.32 Å².